The molecule has 0 saturated heterocycles. The van der Waals surface area contributed by atoms with Crippen molar-refractivity contribution in [2.75, 3.05) is 0 Å². The van der Waals surface area contributed by atoms with E-state index in [0.717, 1.165) is 5.56 Å². The molecule has 0 atom stereocenters. The number of nitriles is 1. The second kappa shape index (κ2) is 3.21. The summed E-state index contributed by atoms with van der Waals surface area (Å²) < 4.78 is 0. The zero-order chi connectivity index (χ0) is 8.27. The second-order valence-electron chi connectivity index (χ2n) is 2.77. The summed E-state index contributed by atoms with van der Waals surface area (Å²) in [5.41, 5.74) is 1.75. The maximum Gasteiger partial charge on any atom is 0.100 e. The molecule has 1 nitrogen and oxygen atoms in total. The molecule has 0 saturated carbocycles. The lowest BCUT2D eigenvalue weighted by molar-refractivity contribution is 0.862. The first kappa shape index (κ1) is 7.81. The highest BCUT2D eigenvalue weighted by Gasteiger charge is 2.03. The van der Waals surface area contributed by atoms with Crippen molar-refractivity contribution < 1.29 is 0 Å². The molecule has 0 bridgehead atoms. The number of hydrogen-bond donors (Lipinski definition) is 0. The topological polar surface area (TPSA) is 23.8 Å². The summed E-state index contributed by atoms with van der Waals surface area (Å²) >= 11 is 0. The van der Waals surface area contributed by atoms with Gasteiger partial charge in [-0.15, -0.1) is 0 Å². The minimum Gasteiger partial charge on any atom is -0.192 e. The maximum atomic E-state index is 8.69. The normalized spacial score (nSPS) is 9.64. The van der Waals surface area contributed by atoms with Gasteiger partial charge < -0.3 is 0 Å². The lowest BCUT2D eigenvalue weighted by Gasteiger charge is -2.05. The van der Waals surface area contributed by atoms with E-state index in [9.17, 15) is 0 Å². The monoisotopic (exact) mass is 144 g/mol. The van der Waals surface area contributed by atoms with Gasteiger partial charge in [0.1, 0.15) is 6.07 Å². The molecule has 11 heavy (non-hydrogen) atoms. The average molecular weight is 144 g/mol. The van der Waals surface area contributed by atoms with E-state index >= 15 is 0 Å². The van der Waals surface area contributed by atoms with E-state index in [1.807, 2.05) is 12.1 Å². The molecular weight excluding hydrogens is 134 g/mol. The van der Waals surface area contributed by atoms with Crippen LogP contribution in [-0.2, 0) is 0 Å². The molecule has 0 fully saturated rings. The molecule has 1 aromatic rings. The van der Waals surface area contributed by atoms with Crippen molar-refractivity contribution in [3.63, 3.8) is 0 Å². The molecule has 0 aliphatic rings. The zero-order valence-corrected chi connectivity index (χ0v) is 6.76. The van der Waals surface area contributed by atoms with Crippen LogP contribution in [0.3, 0.4) is 0 Å². The van der Waals surface area contributed by atoms with Crippen LogP contribution >= 0.6 is 0 Å². The van der Waals surface area contributed by atoms with E-state index in [1.54, 1.807) is 6.07 Å². The fourth-order valence-electron chi connectivity index (χ4n) is 1.03. The highest BCUT2D eigenvalue weighted by molar-refractivity contribution is 5.37. The van der Waals surface area contributed by atoms with E-state index in [4.69, 9.17) is 5.26 Å². The minimum absolute atomic E-state index is 0.405. The maximum absolute atomic E-state index is 8.69. The van der Waals surface area contributed by atoms with E-state index in [0.29, 0.717) is 11.5 Å². The molecule has 1 aromatic carbocycles. The van der Waals surface area contributed by atoms with Gasteiger partial charge in [0, 0.05) is 6.07 Å². The summed E-state index contributed by atoms with van der Waals surface area (Å²) in [6, 6.07) is 10.7. The first-order valence-electron chi connectivity index (χ1n) is 3.66. The number of nitrogens with zero attached hydrogens (tertiary/aromatic N) is 1. The van der Waals surface area contributed by atoms with Gasteiger partial charge in [-0.2, -0.15) is 5.26 Å². The lowest BCUT2D eigenvalue weighted by atomic mass is 9.98. The molecule has 0 aromatic heterocycles. The van der Waals surface area contributed by atoms with Gasteiger partial charge in [0.2, 0.25) is 0 Å². The molecule has 0 heterocycles. The van der Waals surface area contributed by atoms with Crippen molar-refractivity contribution >= 4 is 0 Å². The van der Waals surface area contributed by atoms with Crippen molar-refractivity contribution in [3.8, 4) is 6.07 Å². The summed E-state index contributed by atoms with van der Waals surface area (Å²) in [5.74, 6) is 0.405. The Morgan fingerprint density at radius 1 is 1.55 bits per heavy atom. The Labute approximate surface area is 67.3 Å². The summed E-state index contributed by atoms with van der Waals surface area (Å²) in [4.78, 5) is 0. The third-order valence-corrected chi connectivity index (χ3v) is 1.62. The van der Waals surface area contributed by atoms with Crippen molar-refractivity contribution in [2.45, 2.75) is 19.8 Å². The van der Waals surface area contributed by atoms with E-state index in [2.05, 4.69) is 26.0 Å². The van der Waals surface area contributed by atoms with E-state index < -0.39 is 0 Å². The largest absolute Gasteiger partial charge is 0.192 e. The van der Waals surface area contributed by atoms with Crippen LogP contribution in [-0.4, -0.2) is 0 Å². The van der Waals surface area contributed by atoms with Crippen LogP contribution < -0.4 is 0 Å². The molecule has 0 unspecified atom stereocenters. The summed E-state index contributed by atoms with van der Waals surface area (Å²) in [7, 11) is 0. The SMILES string of the molecule is CC(C)c1ccc[c]c1C#N. The molecule has 0 aliphatic heterocycles. The molecule has 0 amide bonds. The van der Waals surface area contributed by atoms with Crippen LogP contribution in [0.15, 0.2) is 18.2 Å². The number of rotatable bonds is 1. The summed E-state index contributed by atoms with van der Waals surface area (Å²) in [5, 5.41) is 8.69. The second-order valence-corrected chi connectivity index (χ2v) is 2.77. The Morgan fingerprint density at radius 3 is 2.73 bits per heavy atom. The van der Waals surface area contributed by atoms with Crippen molar-refractivity contribution in [3.05, 3.63) is 35.4 Å². The standard InChI is InChI=1S/C10H10N/c1-8(2)10-6-4-3-5-9(10)7-11/h3-4,6,8H,1-2H3. The summed E-state index contributed by atoms with van der Waals surface area (Å²) in [6.45, 7) is 4.15. The van der Waals surface area contributed by atoms with Crippen LogP contribution in [0.4, 0.5) is 0 Å². The van der Waals surface area contributed by atoms with Gasteiger partial charge in [-0.05, 0) is 11.5 Å². The molecule has 0 N–H and O–H groups in total. The highest BCUT2D eigenvalue weighted by atomic mass is 14.2. The molecule has 1 radical (unpaired) electrons. The fourth-order valence-corrected chi connectivity index (χ4v) is 1.03. The predicted octanol–water partition coefficient (Wildman–Crippen LogP) is 2.48. The lowest BCUT2D eigenvalue weighted by Crippen LogP contribution is -1.91. The van der Waals surface area contributed by atoms with Crippen LogP contribution in [0.2, 0.25) is 0 Å². The Kier molecular flexibility index (Phi) is 2.28. The van der Waals surface area contributed by atoms with Gasteiger partial charge >= 0.3 is 0 Å². The van der Waals surface area contributed by atoms with E-state index in [-0.39, 0.29) is 0 Å². The van der Waals surface area contributed by atoms with Gasteiger partial charge in [0.25, 0.3) is 0 Å². The first-order valence-corrected chi connectivity index (χ1v) is 3.66. The van der Waals surface area contributed by atoms with Crippen molar-refractivity contribution in [2.24, 2.45) is 0 Å². The Bertz CT molecular complexity index is 281. The highest BCUT2D eigenvalue weighted by Crippen LogP contribution is 2.17. The average Bonchev–Trinajstić information content (AvgIpc) is 2.04. The third kappa shape index (κ3) is 1.59. The van der Waals surface area contributed by atoms with Gasteiger partial charge in [-0.1, -0.05) is 32.0 Å². The minimum atomic E-state index is 0.405. The van der Waals surface area contributed by atoms with Gasteiger partial charge in [-0.3, -0.25) is 0 Å². The van der Waals surface area contributed by atoms with Gasteiger partial charge in [0.05, 0.1) is 5.56 Å². The third-order valence-electron chi connectivity index (χ3n) is 1.62. The fraction of sp³-hybridized carbons (Fsp3) is 0.300. The van der Waals surface area contributed by atoms with Gasteiger partial charge in [-0.25, -0.2) is 0 Å². The number of hydrogen-bond acceptors (Lipinski definition) is 1. The Hall–Kier alpha value is -1.29. The number of benzene rings is 1. The quantitative estimate of drug-likeness (QED) is 0.594. The van der Waals surface area contributed by atoms with Crippen LogP contribution in [0.5, 0.6) is 0 Å². The molecule has 0 aliphatic carbocycles. The van der Waals surface area contributed by atoms with Crippen molar-refractivity contribution in [1.29, 1.82) is 5.26 Å². The molecule has 0 spiro atoms. The zero-order valence-electron chi connectivity index (χ0n) is 6.76. The van der Waals surface area contributed by atoms with Crippen LogP contribution in [0.1, 0.15) is 30.9 Å². The Balaban J connectivity index is 3.15. The molecule has 55 valence electrons. The van der Waals surface area contributed by atoms with Crippen LogP contribution in [0.25, 0.3) is 0 Å². The van der Waals surface area contributed by atoms with Crippen LogP contribution in [0, 0.1) is 17.4 Å². The van der Waals surface area contributed by atoms with E-state index in [1.165, 1.54) is 0 Å². The van der Waals surface area contributed by atoms with Gasteiger partial charge in [0.15, 0.2) is 0 Å². The molecule has 1 rings (SSSR count). The smallest absolute Gasteiger partial charge is 0.100 e. The predicted molar refractivity (Wildman–Crippen MR) is 44.1 cm³/mol. The van der Waals surface area contributed by atoms with Crippen molar-refractivity contribution in [1.82, 2.24) is 0 Å². The Morgan fingerprint density at radius 2 is 2.27 bits per heavy atom. The first-order chi connectivity index (χ1) is 5.25. The summed E-state index contributed by atoms with van der Waals surface area (Å²) in [6.07, 6.45) is 0. The molecular formula is C10H10N. The molecule has 1 heteroatoms.